The van der Waals surface area contributed by atoms with E-state index in [1.165, 1.54) is 30.3 Å². The van der Waals surface area contributed by atoms with E-state index in [2.05, 4.69) is 19.2 Å². The highest BCUT2D eigenvalue weighted by Gasteiger charge is 2.28. The number of nitrogens with zero attached hydrogens (tertiary/aromatic N) is 1. The molecule has 1 aromatic carbocycles. The summed E-state index contributed by atoms with van der Waals surface area (Å²) in [7, 11) is 0. The molecule has 26 heavy (non-hydrogen) atoms. The van der Waals surface area contributed by atoms with Crippen molar-refractivity contribution in [3.8, 4) is 0 Å². The second-order valence-electron chi connectivity index (χ2n) is 6.64. The second-order valence-corrected chi connectivity index (χ2v) is 7.69. The van der Waals surface area contributed by atoms with Crippen molar-refractivity contribution in [3.05, 3.63) is 34.4 Å². The van der Waals surface area contributed by atoms with Gasteiger partial charge in [0, 0.05) is 23.1 Å². The van der Waals surface area contributed by atoms with Gasteiger partial charge < -0.3 is 10.1 Å². The van der Waals surface area contributed by atoms with Crippen LogP contribution in [0.4, 0.5) is 5.69 Å². The molecule has 0 spiro atoms. The first-order valence-electron chi connectivity index (χ1n) is 8.69. The minimum absolute atomic E-state index is 0.000132. The van der Waals surface area contributed by atoms with Crippen LogP contribution >= 0.6 is 11.8 Å². The van der Waals surface area contributed by atoms with Gasteiger partial charge in [0.05, 0.1) is 10.7 Å². The Labute approximate surface area is 157 Å². The van der Waals surface area contributed by atoms with Crippen LogP contribution in [-0.2, 0) is 14.3 Å². The molecule has 0 aliphatic heterocycles. The first-order valence-corrected chi connectivity index (χ1v) is 9.67. The van der Waals surface area contributed by atoms with Crippen LogP contribution in [0.25, 0.3) is 0 Å². The molecular formula is C18H24N2O5S. The zero-order valence-corrected chi connectivity index (χ0v) is 15.8. The smallest absolute Gasteiger partial charge is 0.316 e. The average Bonchev–Trinajstić information content (AvgIpc) is 2.62. The van der Waals surface area contributed by atoms with Crippen molar-refractivity contribution < 1.29 is 19.2 Å². The first kappa shape index (κ1) is 20.2. The molecule has 0 saturated heterocycles. The van der Waals surface area contributed by atoms with Crippen molar-refractivity contribution in [2.24, 2.45) is 11.8 Å². The average molecular weight is 380 g/mol. The lowest BCUT2D eigenvalue weighted by Gasteiger charge is -2.34. The van der Waals surface area contributed by atoms with E-state index in [1.54, 1.807) is 12.1 Å². The Hall–Kier alpha value is -2.09. The fourth-order valence-corrected chi connectivity index (χ4v) is 3.72. The van der Waals surface area contributed by atoms with Gasteiger partial charge in [0.25, 0.3) is 11.6 Å². The number of esters is 1. The fraction of sp³-hybridized carbons (Fsp3) is 0.556. The van der Waals surface area contributed by atoms with Crippen molar-refractivity contribution in [1.29, 1.82) is 0 Å². The summed E-state index contributed by atoms with van der Waals surface area (Å²) in [5, 5.41) is 13.6. The molecule has 3 atom stereocenters. The summed E-state index contributed by atoms with van der Waals surface area (Å²) in [5.41, 5.74) is -0.000132. The summed E-state index contributed by atoms with van der Waals surface area (Å²) in [5.74, 6) is 0.274. The maximum absolute atomic E-state index is 12.0. The normalized spacial score (nSPS) is 22.5. The SMILES string of the molecule is C[C@@H]1[C@H](C)CCC[C@H]1NC(=O)COC(=O)CSc1ccc([N+](=O)[O-])cc1. The number of thioether (sulfide) groups is 1. The molecule has 0 radical (unpaired) electrons. The van der Waals surface area contributed by atoms with Gasteiger partial charge in [0.2, 0.25) is 0 Å². The lowest BCUT2D eigenvalue weighted by atomic mass is 9.78. The van der Waals surface area contributed by atoms with Gasteiger partial charge in [0.1, 0.15) is 0 Å². The standard InChI is InChI=1S/C18H24N2O5S/c1-12-4-3-5-16(13(12)2)19-17(21)10-25-18(22)11-26-15-8-6-14(7-9-15)20(23)24/h6-9,12-13,16H,3-5,10-11H2,1-2H3,(H,19,21)/t12-,13-,16-/m1/s1. The zero-order valence-electron chi connectivity index (χ0n) is 15.0. The Balaban J connectivity index is 1.69. The summed E-state index contributed by atoms with van der Waals surface area (Å²) in [6.45, 7) is 4.05. The molecule has 1 saturated carbocycles. The summed E-state index contributed by atoms with van der Waals surface area (Å²) in [6.07, 6.45) is 3.24. The van der Waals surface area contributed by atoms with Gasteiger partial charge in [-0.15, -0.1) is 11.8 Å². The van der Waals surface area contributed by atoms with Crippen LogP contribution in [0.3, 0.4) is 0 Å². The quantitative estimate of drug-likeness (QED) is 0.338. The summed E-state index contributed by atoms with van der Waals surface area (Å²) < 4.78 is 5.01. The van der Waals surface area contributed by atoms with Crippen LogP contribution in [0.1, 0.15) is 33.1 Å². The molecule has 0 bridgehead atoms. The Kier molecular flexibility index (Phi) is 7.44. The van der Waals surface area contributed by atoms with Crippen LogP contribution in [0.2, 0.25) is 0 Å². The molecule has 7 nitrogen and oxygen atoms in total. The number of non-ortho nitro benzene ring substituents is 1. The van der Waals surface area contributed by atoms with E-state index in [4.69, 9.17) is 4.74 Å². The number of rotatable bonds is 7. The third kappa shape index (κ3) is 6.01. The molecule has 1 amide bonds. The number of carbonyl (C=O) groups is 2. The number of ether oxygens (including phenoxy) is 1. The van der Waals surface area contributed by atoms with Crippen LogP contribution in [0.5, 0.6) is 0 Å². The Morgan fingerprint density at radius 3 is 2.62 bits per heavy atom. The van der Waals surface area contributed by atoms with Crippen molar-refractivity contribution in [3.63, 3.8) is 0 Å². The van der Waals surface area contributed by atoms with E-state index < -0.39 is 10.9 Å². The van der Waals surface area contributed by atoms with Crippen molar-refractivity contribution in [2.45, 2.75) is 44.0 Å². The van der Waals surface area contributed by atoms with E-state index in [0.717, 1.165) is 17.7 Å². The first-order chi connectivity index (χ1) is 12.4. The third-order valence-corrected chi connectivity index (χ3v) is 5.81. The molecule has 8 heteroatoms. The molecule has 1 aromatic rings. The number of hydrogen-bond donors (Lipinski definition) is 1. The van der Waals surface area contributed by atoms with E-state index >= 15 is 0 Å². The highest BCUT2D eigenvalue weighted by atomic mass is 32.2. The van der Waals surface area contributed by atoms with Crippen LogP contribution < -0.4 is 5.32 Å². The summed E-state index contributed by atoms with van der Waals surface area (Å²) in [4.78, 5) is 34.6. The number of nitro groups is 1. The minimum atomic E-state index is -0.492. The van der Waals surface area contributed by atoms with Crippen molar-refractivity contribution >= 4 is 29.3 Å². The van der Waals surface area contributed by atoms with E-state index in [9.17, 15) is 19.7 Å². The molecule has 0 heterocycles. The highest BCUT2D eigenvalue weighted by molar-refractivity contribution is 8.00. The molecule has 1 aliphatic carbocycles. The maximum atomic E-state index is 12.0. The third-order valence-electron chi connectivity index (χ3n) is 4.82. The Bertz CT molecular complexity index is 649. The van der Waals surface area contributed by atoms with Gasteiger partial charge in [0.15, 0.2) is 6.61 Å². The largest absolute Gasteiger partial charge is 0.455 e. The van der Waals surface area contributed by atoms with Gasteiger partial charge >= 0.3 is 5.97 Å². The predicted octanol–water partition coefficient (Wildman–Crippen LogP) is 3.17. The van der Waals surface area contributed by atoms with Gasteiger partial charge in [-0.05, 0) is 30.4 Å². The minimum Gasteiger partial charge on any atom is -0.455 e. The fourth-order valence-electron chi connectivity index (χ4n) is 3.03. The van der Waals surface area contributed by atoms with Crippen molar-refractivity contribution in [2.75, 3.05) is 12.4 Å². The van der Waals surface area contributed by atoms with Crippen LogP contribution in [0.15, 0.2) is 29.2 Å². The number of nitrogens with one attached hydrogen (secondary N) is 1. The van der Waals surface area contributed by atoms with E-state index in [0.29, 0.717) is 11.8 Å². The van der Waals surface area contributed by atoms with E-state index in [1.807, 2.05) is 0 Å². The van der Waals surface area contributed by atoms with Gasteiger partial charge in [-0.1, -0.05) is 26.7 Å². The number of benzene rings is 1. The van der Waals surface area contributed by atoms with Crippen LogP contribution in [0, 0.1) is 22.0 Å². The Morgan fingerprint density at radius 1 is 1.27 bits per heavy atom. The molecule has 0 unspecified atom stereocenters. The predicted molar refractivity (Wildman–Crippen MR) is 98.9 cm³/mol. The molecule has 2 rings (SSSR count). The number of carbonyl (C=O) groups excluding carboxylic acids is 2. The highest BCUT2D eigenvalue weighted by Crippen LogP contribution is 2.29. The number of nitro benzene ring substituents is 1. The molecule has 142 valence electrons. The lowest BCUT2D eigenvalue weighted by molar-refractivity contribution is -0.384. The second kappa shape index (κ2) is 9.56. The van der Waals surface area contributed by atoms with Gasteiger partial charge in [-0.3, -0.25) is 19.7 Å². The summed E-state index contributed by atoms with van der Waals surface area (Å²) >= 11 is 1.21. The van der Waals surface area contributed by atoms with Crippen LogP contribution in [-0.4, -0.2) is 35.2 Å². The Morgan fingerprint density at radius 2 is 1.96 bits per heavy atom. The molecular weight excluding hydrogens is 356 g/mol. The number of amides is 1. The summed E-state index contributed by atoms with van der Waals surface area (Å²) in [6, 6.07) is 6.06. The topological polar surface area (TPSA) is 98.5 Å². The maximum Gasteiger partial charge on any atom is 0.316 e. The van der Waals surface area contributed by atoms with E-state index in [-0.39, 0.29) is 30.0 Å². The van der Waals surface area contributed by atoms with Gasteiger partial charge in [-0.25, -0.2) is 0 Å². The zero-order chi connectivity index (χ0) is 19.1. The van der Waals surface area contributed by atoms with Crippen molar-refractivity contribution in [1.82, 2.24) is 5.32 Å². The lowest BCUT2D eigenvalue weighted by Crippen LogP contribution is -2.45. The molecule has 0 aromatic heterocycles. The van der Waals surface area contributed by atoms with Gasteiger partial charge in [-0.2, -0.15) is 0 Å². The molecule has 1 fully saturated rings. The monoisotopic (exact) mass is 380 g/mol. The molecule has 1 N–H and O–H groups in total. The number of hydrogen-bond acceptors (Lipinski definition) is 6. The molecule has 1 aliphatic rings.